The molecule has 2 rings (SSSR count). The number of rotatable bonds is 5. The number of hydrogen-bond acceptors (Lipinski definition) is 3. The van der Waals surface area contributed by atoms with E-state index in [-0.39, 0.29) is 23.9 Å². The number of nitrogens with one attached hydrogen (secondary N) is 1. The Hall–Kier alpha value is -1.56. The molecule has 26 heavy (non-hydrogen) atoms. The highest BCUT2D eigenvalue weighted by Gasteiger charge is 2.23. The molecule has 1 saturated carbocycles. The number of benzene rings is 1. The molecule has 1 aliphatic rings. The van der Waals surface area contributed by atoms with Crippen LogP contribution in [0.5, 0.6) is 0 Å². The van der Waals surface area contributed by atoms with Crippen molar-refractivity contribution in [3.8, 4) is 0 Å². The molecule has 1 amide bonds. The third kappa shape index (κ3) is 6.01. The molecule has 1 aromatic carbocycles. The van der Waals surface area contributed by atoms with E-state index in [9.17, 15) is 13.2 Å². The normalized spacial score (nSPS) is 16.8. The summed E-state index contributed by atoms with van der Waals surface area (Å²) in [5.41, 5.74) is 1.64. The van der Waals surface area contributed by atoms with E-state index in [1.807, 2.05) is 12.1 Å². The van der Waals surface area contributed by atoms with Gasteiger partial charge in [-0.15, -0.1) is 0 Å². The molecule has 0 aliphatic heterocycles. The molecular weight excluding hydrogens is 348 g/mol. The second-order valence-corrected chi connectivity index (χ2v) is 10.2. The van der Waals surface area contributed by atoms with Crippen LogP contribution in [0.15, 0.2) is 24.3 Å². The summed E-state index contributed by atoms with van der Waals surface area (Å²) in [5.74, 6) is -0.234. The molecule has 1 aliphatic carbocycles. The number of carbonyl (C=O) groups is 1. The maximum absolute atomic E-state index is 12.5. The lowest BCUT2D eigenvalue weighted by atomic mass is 9.87. The third-order valence-electron chi connectivity index (χ3n) is 4.93. The number of nitrogens with zero attached hydrogens (tertiary/aromatic N) is 1. The van der Waals surface area contributed by atoms with Gasteiger partial charge >= 0.3 is 0 Å². The third-order valence-corrected chi connectivity index (χ3v) is 6.07. The Bertz CT molecular complexity index is 698. The molecular formula is C20H32N2O3S. The van der Waals surface area contributed by atoms with Crippen molar-refractivity contribution in [1.29, 1.82) is 0 Å². The molecule has 0 bridgehead atoms. The first kappa shape index (κ1) is 20.7. The van der Waals surface area contributed by atoms with E-state index in [1.54, 1.807) is 12.1 Å². The number of sulfonamides is 1. The van der Waals surface area contributed by atoms with Crippen molar-refractivity contribution in [2.45, 2.75) is 70.8 Å². The van der Waals surface area contributed by atoms with Crippen molar-refractivity contribution >= 4 is 21.6 Å². The fourth-order valence-electron chi connectivity index (χ4n) is 3.36. The van der Waals surface area contributed by atoms with Gasteiger partial charge in [-0.25, -0.2) is 8.42 Å². The Kier molecular flexibility index (Phi) is 6.72. The van der Waals surface area contributed by atoms with Crippen LogP contribution in [0.4, 0.5) is 5.69 Å². The summed E-state index contributed by atoms with van der Waals surface area (Å²) in [6.07, 6.45) is 7.76. The number of carbonyl (C=O) groups excluding carboxylic acids is 1. The first-order chi connectivity index (χ1) is 12.1. The Morgan fingerprint density at radius 1 is 1.08 bits per heavy atom. The van der Waals surface area contributed by atoms with Crippen molar-refractivity contribution in [1.82, 2.24) is 5.32 Å². The number of amides is 1. The van der Waals surface area contributed by atoms with Crippen molar-refractivity contribution < 1.29 is 13.2 Å². The lowest BCUT2D eigenvalue weighted by Crippen LogP contribution is -2.44. The summed E-state index contributed by atoms with van der Waals surface area (Å²) in [4.78, 5) is 12.5. The molecule has 146 valence electrons. The molecule has 0 unspecified atom stereocenters. The van der Waals surface area contributed by atoms with Crippen molar-refractivity contribution in [3.05, 3.63) is 29.8 Å². The summed E-state index contributed by atoms with van der Waals surface area (Å²) < 4.78 is 25.7. The fourth-order valence-corrected chi connectivity index (χ4v) is 4.21. The lowest BCUT2D eigenvalue weighted by molar-refractivity contribution is -0.120. The van der Waals surface area contributed by atoms with E-state index in [0.717, 1.165) is 37.5 Å². The quantitative estimate of drug-likeness (QED) is 0.794. The minimum atomic E-state index is -3.54. The Balaban J connectivity index is 2.11. The first-order valence-corrected chi connectivity index (χ1v) is 11.3. The van der Waals surface area contributed by atoms with Crippen LogP contribution >= 0.6 is 0 Å². The van der Waals surface area contributed by atoms with Crippen LogP contribution in [0.3, 0.4) is 0 Å². The van der Waals surface area contributed by atoms with Gasteiger partial charge in [-0.1, -0.05) is 58.6 Å². The van der Waals surface area contributed by atoms with Gasteiger partial charge < -0.3 is 5.32 Å². The summed E-state index contributed by atoms with van der Waals surface area (Å²) in [6, 6.07) is 7.57. The predicted molar refractivity (Wildman–Crippen MR) is 107 cm³/mol. The van der Waals surface area contributed by atoms with Gasteiger partial charge in [-0.05, 0) is 36.0 Å². The van der Waals surface area contributed by atoms with E-state index >= 15 is 0 Å². The molecule has 5 nitrogen and oxygen atoms in total. The van der Waals surface area contributed by atoms with E-state index in [2.05, 4.69) is 26.1 Å². The Morgan fingerprint density at radius 2 is 1.62 bits per heavy atom. The first-order valence-electron chi connectivity index (χ1n) is 9.45. The van der Waals surface area contributed by atoms with E-state index < -0.39 is 10.0 Å². The molecule has 0 heterocycles. The number of hydrogen-bond donors (Lipinski definition) is 1. The monoisotopic (exact) mass is 380 g/mol. The largest absolute Gasteiger partial charge is 0.352 e. The average molecular weight is 381 g/mol. The lowest BCUT2D eigenvalue weighted by Gasteiger charge is -2.25. The zero-order valence-corrected chi connectivity index (χ0v) is 17.2. The smallest absolute Gasteiger partial charge is 0.240 e. The second kappa shape index (κ2) is 8.42. The van der Waals surface area contributed by atoms with Crippen molar-refractivity contribution in [2.24, 2.45) is 0 Å². The minimum Gasteiger partial charge on any atom is -0.352 e. The highest BCUT2D eigenvalue weighted by Crippen LogP contribution is 2.26. The molecule has 0 radical (unpaired) electrons. The van der Waals surface area contributed by atoms with Gasteiger partial charge in [0.2, 0.25) is 15.9 Å². The highest BCUT2D eigenvalue weighted by molar-refractivity contribution is 7.92. The summed E-state index contributed by atoms with van der Waals surface area (Å²) in [6.45, 7) is 6.15. The second-order valence-electron chi connectivity index (χ2n) is 8.32. The van der Waals surface area contributed by atoms with Gasteiger partial charge in [0.25, 0.3) is 0 Å². The van der Waals surface area contributed by atoms with E-state index in [4.69, 9.17) is 0 Å². The predicted octanol–water partition coefficient (Wildman–Crippen LogP) is 3.59. The van der Waals surface area contributed by atoms with Crippen molar-refractivity contribution in [2.75, 3.05) is 17.1 Å². The van der Waals surface area contributed by atoms with Crippen LogP contribution in [0.25, 0.3) is 0 Å². The highest BCUT2D eigenvalue weighted by atomic mass is 32.2. The van der Waals surface area contributed by atoms with Gasteiger partial charge in [0, 0.05) is 6.04 Å². The standard InChI is InChI=1S/C20H32N2O3S/c1-20(2,3)16-11-13-18(14-12-16)22(26(4,24)25)15-19(23)21-17-9-7-5-6-8-10-17/h11-14,17H,5-10,15H2,1-4H3,(H,21,23). The zero-order chi connectivity index (χ0) is 19.4. The maximum atomic E-state index is 12.5. The van der Waals surface area contributed by atoms with Crippen LogP contribution in [-0.4, -0.2) is 33.2 Å². The van der Waals surface area contributed by atoms with Crippen LogP contribution in [0.1, 0.15) is 64.9 Å². The van der Waals surface area contributed by atoms with Gasteiger partial charge in [0.1, 0.15) is 6.54 Å². The fraction of sp³-hybridized carbons (Fsp3) is 0.650. The molecule has 1 aromatic rings. The maximum Gasteiger partial charge on any atom is 0.240 e. The number of anilines is 1. The van der Waals surface area contributed by atoms with Crippen LogP contribution in [0.2, 0.25) is 0 Å². The van der Waals surface area contributed by atoms with Gasteiger partial charge in [0.05, 0.1) is 11.9 Å². The Morgan fingerprint density at radius 3 is 2.08 bits per heavy atom. The molecule has 0 spiro atoms. The van der Waals surface area contributed by atoms with E-state index in [0.29, 0.717) is 5.69 Å². The van der Waals surface area contributed by atoms with Crippen LogP contribution in [0, 0.1) is 0 Å². The topological polar surface area (TPSA) is 66.5 Å². The van der Waals surface area contributed by atoms with Gasteiger partial charge in [0.15, 0.2) is 0 Å². The SMILES string of the molecule is CC(C)(C)c1ccc(N(CC(=O)NC2CCCCCC2)S(C)(=O)=O)cc1. The summed E-state index contributed by atoms with van der Waals surface area (Å²) in [7, 11) is -3.54. The van der Waals surface area contributed by atoms with Gasteiger partial charge in [-0.3, -0.25) is 9.10 Å². The zero-order valence-electron chi connectivity index (χ0n) is 16.4. The average Bonchev–Trinajstić information content (AvgIpc) is 2.79. The summed E-state index contributed by atoms with van der Waals surface area (Å²) in [5, 5.41) is 3.02. The summed E-state index contributed by atoms with van der Waals surface area (Å²) >= 11 is 0. The van der Waals surface area contributed by atoms with Crippen LogP contribution < -0.4 is 9.62 Å². The molecule has 1 fully saturated rings. The molecule has 1 N–H and O–H groups in total. The minimum absolute atomic E-state index is 0.00862. The molecule has 6 heteroatoms. The van der Waals surface area contributed by atoms with Crippen LogP contribution in [-0.2, 0) is 20.2 Å². The molecule has 0 aromatic heterocycles. The van der Waals surface area contributed by atoms with Gasteiger partial charge in [-0.2, -0.15) is 0 Å². The molecule has 0 saturated heterocycles. The molecule has 0 atom stereocenters. The van der Waals surface area contributed by atoms with Crippen molar-refractivity contribution in [3.63, 3.8) is 0 Å². The van der Waals surface area contributed by atoms with E-state index in [1.165, 1.54) is 17.1 Å². The Labute approximate surface area is 158 Å².